The minimum absolute atomic E-state index is 0. The van der Waals surface area contributed by atoms with Gasteiger partial charge in [-0.25, -0.2) is 0 Å². The molecule has 11 heavy (non-hydrogen) atoms. The maximum absolute atomic E-state index is 9.32. The third-order valence-corrected chi connectivity index (χ3v) is 1.80. The molecule has 0 fully saturated rings. The number of rotatable bonds is 2. The Kier molecular flexibility index (Phi) is 8.70. The SMILES string of the molecule is O=P([O-])([O-])OP(=O)([O-])[O-].[Cu].[NH4+]. The van der Waals surface area contributed by atoms with Crippen molar-refractivity contribution < 1.29 is 50.1 Å². The second-order valence-corrected chi connectivity index (χ2v) is 3.42. The van der Waals surface area contributed by atoms with Crippen LogP contribution in [0.3, 0.4) is 0 Å². The largest absolute Gasteiger partial charge is 0.790 e. The molecule has 75 valence electrons. The molecule has 0 aliphatic rings. The van der Waals surface area contributed by atoms with E-state index in [4.69, 9.17) is 0 Å². The summed E-state index contributed by atoms with van der Waals surface area (Å²) in [5.74, 6) is 0. The summed E-state index contributed by atoms with van der Waals surface area (Å²) in [6.45, 7) is 0. The monoisotopic (exact) mass is 255 g/mol. The molecule has 0 saturated carbocycles. The van der Waals surface area contributed by atoms with Crippen LogP contribution in [0.5, 0.6) is 0 Å². The van der Waals surface area contributed by atoms with E-state index in [1.54, 1.807) is 0 Å². The van der Waals surface area contributed by atoms with Gasteiger partial charge in [0, 0.05) is 17.1 Å². The normalized spacial score (nSPS) is 11.3. The van der Waals surface area contributed by atoms with Gasteiger partial charge in [0.25, 0.3) is 0 Å². The van der Waals surface area contributed by atoms with Gasteiger partial charge in [0.2, 0.25) is 0 Å². The number of phosphoric acid groups is 2. The molecule has 0 aromatic heterocycles. The van der Waals surface area contributed by atoms with Crippen LogP contribution in [0.2, 0.25) is 0 Å². The second-order valence-electron chi connectivity index (χ2n) is 0.976. The Balaban J connectivity index is -0.000000320. The molecule has 0 atom stereocenters. The summed E-state index contributed by atoms with van der Waals surface area (Å²) in [4.78, 5) is 37.3. The zero-order valence-electron chi connectivity index (χ0n) is 5.05. The standard InChI is InChI=1S/Cu.H3N.H4O7P2/c;;1-8(2,3)7-9(4,5)6/h;1H3;(H2,1,2,3)(H2,4,5,6)/p-3. The zero-order valence-corrected chi connectivity index (χ0v) is 7.78. The Morgan fingerprint density at radius 1 is 0.909 bits per heavy atom. The van der Waals surface area contributed by atoms with Crippen molar-refractivity contribution in [2.75, 3.05) is 0 Å². The predicted molar refractivity (Wildman–Crippen MR) is 22.3 cm³/mol. The van der Waals surface area contributed by atoms with Crippen LogP contribution in [0, 0.1) is 0 Å². The summed E-state index contributed by atoms with van der Waals surface area (Å²) in [5, 5.41) is 0. The van der Waals surface area contributed by atoms with E-state index in [1.807, 2.05) is 0 Å². The third-order valence-electron chi connectivity index (χ3n) is 0.200. The van der Waals surface area contributed by atoms with Crippen LogP contribution in [-0.4, -0.2) is 0 Å². The van der Waals surface area contributed by atoms with E-state index in [0.717, 1.165) is 0 Å². The number of hydrogen-bond acceptors (Lipinski definition) is 7. The van der Waals surface area contributed by atoms with Crippen molar-refractivity contribution in [2.24, 2.45) is 0 Å². The van der Waals surface area contributed by atoms with Crippen LogP contribution in [0.25, 0.3) is 0 Å². The Labute approximate surface area is 72.5 Å². The van der Waals surface area contributed by atoms with Gasteiger partial charge in [-0.2, -0.15) is 0 Å². The molecular weight excluding hydrogens is 251 g/mol. The molecule has 0 aliphatic heterocycles. The first kappa shape index (κ1) is 17.7. The van der Waals surface area contributed by atoms with Gasteiger partial charge in [-0.05, 0) is 0 Å². The topological polar surface area (TPSA) is 172 Å². The van der Waals surface area contributed by atoms with Crippen LogP contribution in [-0.2, 0) is 30.5 Å². The van der Waals surface area contributed by atoms with Crippen LogP contribution in [0.1, 0.15) is 0 Å². The summed E-state index contributed by atoms with van der Waals surface area (Å²) in [6.07, 6.45) is 0. The number of hydrogen-bond donors (Lipinski definition) is 1. The van der Waals surface area contributed by atoms with Crippen molar-refractivity contribution in [3.63, 3.8) is 0 Å². The molecule has 0 aromatic rings. The van der Waals surface area contributed by atoms with Crippen LogP contribution >= 0.6 is 15.6 Å². The van der Waals surface area contributed by atoms with E-state index >= 15 is 0 Å². The third kappa shape index (κ3) is 18.1. The van der Waals surface area contributed by atoms with E-state index in [9.17, 15) is 28.7 Å². The van der Waals surface area contributed by atoms with E-state index < -0.39 is 15.6 Å². The predicted octanol–water partition coefficient (Wildman–Crippen LogP) is -2.97. The van der Waals surface area contributed by atoms with Crippen LogP contribution in [0.4, 0.5) is 0 Å². The summed E-state index contributed by atoms with van der Waals surface area (Å²) >= 11 is 0. The molecule has 8 nitrogen and oxygen atoms in total. The second kappa shape index (κ2) is 5.40. The van der Waals surface area contributed by atoms with Crippen molar-refractivity contribution in [2.45, 2.75) is 0 Å². The fraction of sp³-hybridized carbons (Fsp3) is 0. The van der Waals surface area contributed by atoms with Gasteiger partial charge in [0.05, 0.1) is 15.6 Å². The van der Waals surface area contributed by atoms with Gasteiger partial charge in [-0.15, -0.1) is 0 Å². The van der Waals surface area contributed by atoms with Crippen molar-refractivity contribution in [3.05, 3.63) is 0 Å². The molecule has 0 bridgehead atoms. The Morgan fingerprint density at radius 2 is 1.09 bits per heavy atom. The Bertz CT molecular complexity index is 157. The minimum atomic E-state index is -5.68. The smallest absolute Gasteiger partial charge is 0.0655 e. The molecule has 0 rings (SSSR count). The van der Waals surface area contributed by atoms with Crippen LogP contribution < -0.4 is 25.7 Å². The fourth-order valence-corrected chi connectivity index (χ4v) is 1.10. The van der Waals surface area contributed by atoms with Gasteiger partial charge >= 0.3 is 0 Å². The fourth-order valence-electron chi connectivity index (χ4n) is 0.122. The molecule has 4 N–H and O–H groups in total. The molecule has 0 aromatic carbocycles. The van der Waals surface area contributed by atoms with Crippen molar-refractivity contribution in [3.8, 4) is 0 Å². The van der Waals surface area contributed by atoms with Gasteiger partial charge in [-0.1, -0.05) is 0 Å². The van der Waals surface area contributed by atoms with E-state index in [0.29, 0.717) is 0 Å². The molecule has 0 unspecified atom stereocenters. The summed E-state index contributed by atoms with van der Waals surface area (Å²) in [7, 11) is -11.4. The first-order chi connectivity index (χ1) is 3.71. The maximum Gasteiger partial charge on any atom is 0.0655 e. The maximum atomic E-state index is 9.32. The molecule has 0 spiro atoms. The van der Waals surface area contributed by atoms with E-state index in [2.05, 4.69) is 4.31 Å². The summed E-state index contributed by atoms with van der Waals surface area (Å²) in [5.41, 5.74) is 0. The average molecular weight is 256 g/mol. The zero-order chi connectivity index (χ0) is 7.71. The molecule has 11 heteroatoms. The first-order valence-electron chi connectivity index (χ1n) is 1.46. The van der Waals surface area contributed by atoms with E-state index in [1.165, 1.54) is 0 Å². The Morgan fingerprint density at radius 3 is 1.09 bits per heavy atom. The van der Waals surface area contributed by atoms with E-state index in [-0.39, 0.29) is 23.2 Å². The summed E-state index contributed by atoms with van der Waals surface area (Å²) < 4.78 is 21.2. The summed E-state index contributed by atoms with van der Waals surface area (Å²) in [6, 6.07) is 0. The van der Waals surface area contributed by atoms with Crippen molar-refractivity contribution in [1.29, 1.82) is 0 Å². The first-order valence-corrected chi connectivity index (χ1v) is 4.38. The van der Waals surface area contributed by atoms with Gasteiger partial charge < -0.3 is 39.2 Å². The van der Waals surface area contributed by atoms with Gasteiger partial charge in [0.1, 0.15) is 0 Å². The van der Waals surface area contributed by atoms with Gasteiger partial charge in [-0.3, -0.25) is 0 Å². The molecule has 0 saturated heterocycles. The Hall–Kier alpha value is 0.739. The molecule has 1 radical (unpaired) electrons. The van der Waals surface area contributed by atoms with Crippen molar-refractivity contribution >= 4 is 15.6 Å². The van der Waals surface area contributed by atoms with Crippen LogP contribution in [0.15, 0.2) is 0 Å². The van der Waals surface area contributed by atoms with Crippen molar-refractivity contribution in [1.82, 2.24) is 6.15 Å². The number of quaternary nitrogens is 1. The molecule has 0 heterocycles. The molecule has 0 aliphatic carbocycles. The van der Waals surface area contributed by atoms with Gasteiger partial charge in [0.15, 0.2) is 0 Å². The average Bonchev–Trinajstić information content (AvgIpc) is 1.14. The quantitative estimate of drug-likeness (QED) is 0.405. The molecular formula is H4CuNO7P2-3. The molecule has 0 amide bonds. The minimum Gasteiger partial charge on any atom is -0.790 e.